The van der Waals surface area contributed by atoms with Crippen LogP contribution < -0.4 is 0 Å². The highest BCUT2D eigenvalue weighted by Gasteiger charge is 2.13. The fourth-order valence-electron chi connectivity index (χ4n) is 0.891. The maximum absolute atomic E-state index is 11.3. The van der Waals surface area contributed by atoms with Gasteiger partial charge in [-0.25, -0.2) is 4.98 Å². The Labute approximate surface area is 86.8 Å². The van der Waals surface area contributed by atoms with Gasteiger partial charge in [-0.05, 0) is 13.8 Å². The molecule has 1 rings (SSSR count). The second-order valence-corrected chi connectivity index (χ2v) is 5.28. The third kappa shape index (κ3) is 3.12. The molecular weight excluding hydrogens is 202 g/mol. The first-order valence-electron chi connectivity index (χ1n) is 4.25. The molecule has 0 saturated heterocycles. The molecule has 0 N–H and O–H groups in total. The molecule has 0 aliphatic rings. The van der Waals surface area contributed by atoms with Crippen LogP contribution in [0.2, 0.25) is 0 Å². The summed E-state index contributed by atoms with van der Waals surface area (Å²) in [5.41, 5.74) is 1.03. The molecule has 0 radical (unpaired) electrons. The molecule has 1 heterocycles. The highest BCUT2D eigenvalue weighted by Crippen LogP contribution is 2.27. The van der Waals surface area contributed by atoms with Gasteiger partial charge in [0.15, 0.2) is 4.34 Å². The number of carbonyl (C=O) groups excluding carboxylic acids is 1. The van der Waals surface area contributed by atoms with E-state index in [1.165, 1.54) is 0 Å². The van der Waals surface area contributed by atoms with Crippen molar-refractivity contribution >= 4 is 28.9 Å². The van der Waals surface area contributed by atoms with Crippen molar-refractivity contribution in [2.75, 3.05) is 0 Å². The first-order chi connectivity index (χ1) is 6.13. The van der Waals surface area contributed by atoms with Crippen LogP contribution in [0.5, 0.6) is 0 Å². The van der Waals surface area contributed by atoms with Crippen molar-refractivity contribution in [1.82, 2.24) is 4.98 Å². The molecule has 0 saturated carbocycles. The molecule has 4 heteroatoms. The van der Waals surface area contributed by atoms with Crippen LogP contribution in [0.15, 0.2) is 9.72 Å². The summed E-state index contributed by atoms with van der Waals surface area (Å²) in [6.07, 6.45) is 0.610. The Morgan fingerprint density at radius 1 is 1.77 bits per heavy atom. The van der Waals surface area contributed by atoms with Crippen LogP contribution in [-0.4, -0.2) is 16.0 Å². The van der Waals surface area contributed by atoms with Gasteiger partial charge in [0.25, 0.3) is 0 Å². The molecule has 0 fully saturated rings. The van der Waals surface area contributed by atoms with Gasteiger partial charge in [0.1, 0.15) is 5.78 Å². The van der Waals surface area contributed by atoms with Crippen molar-refractivity contribution in [3.63, 3.8) is 0 Å². The SMILES string of the molecule is CCC(=O)C(C)Sc1nc(C)cs1. The van der Waals surface area contributed by atoms with Gasteiger partial charge in [-0.2, -0.15) is 0 Å². The molecular formula is C9H13NOS2. The molecule has 2 nitrogen and oxygen atoms in total. The fourth-order valence-corrected chi connectivity index (χ4v) is 3.01. The molecule has 0 aliphatic heterocycles. The third-order valence-electron chi connectivity index (χ3n) is 1.68. The molecule has 0 amide bonds. The predicted octanol–water partition coefficient (Wildman–Crippen LogP) is 2.91. The van der Waals surface area contributed by atoms with Gasteiger partial charge in [-0.15, -0.1) is 11.3 Å². The van der Waals surface area contributed by atoms with Crippen molar-refractivity contribution in [3.05, 3.63) is 11.1 Å². The van der Waals surface area contributed by atoms with Crippen LogP contribution in [0.1, 0.15) is 26.0 Å². The Bertz CT molecular complexity index is 296. The summed E-state index contributed by atoms with van der Waals surface area (Å²) < 4.78 is 0.992. The summed E-state index contributed by atoms with van der Waals surface area (Å²) in [5.74, 6) is 0.290. The predicted molar refractivity (Wildman–Crippen MR) is 57.5 cm³/mol. The topological polar surface area (TPSA) is 30.0 Å². The Morgan fingerprint density at radius 3 is 2.92 bits per heavy atom. The van der Waals surface area contributed by atoms with Crippen LogP contribution in [0.3, 0.4) is 0 Å². The van der Waals surface area contributed by atoms with Gasteiger partial charge in [0.05, 0.1) is 5.25 Å². The van der Waals surface area contributed by atoms with E-state index in [4.69, 9.17) is 0 Å². The summed E-state index contributed by atoms with van der Waals surface area (Å²) >= 11 is 3.16. The van der Waals surface area contributed by atoms with E-state index >= 15 is 0 Å². The minimum Gasteiger partial charge on any atom is -0.298 e. The number of nitrogens with zero attached hydrogens (tertiary/aromatic N) is 1. The first kappa shape index (κ1) is 10.7. The van der Waals surface area contributed by atoms with E-state index in [1.807, 2.05) is 26.2 Å². The number of rotatable bonds is 4. The smallest absolute Gasteiger partial charge is 0.150 e. The third-order valence-corrected chi connectivity index (χ3v) is 3.92. The largest absolute Gasteiger partial charge is 0.298 e. The quantitative estimate of drug-likeness (QED) is 0.723. The molecule has 1 aromatic rings. The Balaban J connectivity index is 2.54. The molecule has 1 atom stereocenters. The summed E-state index contributed by atoms with van der Waals surface area (Å²) in [6, 6.07) is 0. The van der Waals surface area contributed by atoms with Gasteiger partial charge in [-0.1, -0.05) is 18.7 Å². The highest BCUT2D eigenvalue weighted by molar-refractivity contribution is 8.02. The molecule has 0 aromatic carbocycles. The standard InChI is InChI=1S/C9H13NOS2/c1-4-8(11)7(3)13-9-10-6(2)5-12-9/h5,7H,4H2,1-3H3. The molecule has 1 unspecified atom stereocenters. The maximum Gasteiger partial charge on any atom is 0.150 e. The number of thioether (sulfide) groups is 1. The van der Waals surface area contributed by atoms with Gasteiger partial charge in [-0.3, -0.25) is 4.79 Å². The highest BCUT2D eigenvalue weighted by atomic mass is 32.2. The normalized spacial score (nSPS) is 12.8. The van der Waals surface area contributed by atoms with Crippen molar-refractivity contribution in [1.29, 1.82) is 0 Å². The van der Waals surface area contributed by atoms with Crippen LogP contribution in [-0.2, 0) is 4.79 Å². The first-order valence-corrected chi connectivity index (χ1v) is 6.01. The van der Waals surface area contributed by atoms with E-state index in [0.29, 0.717) is 6.42 Å². The summed E-state index contributed by atoms with van der Waals surface area (Å²) in [7, 11) is 0. The van der Waals surface area contributed by atoms with Crippen LogP contribution in [0.4, 0.5) is 0 Å². The number of thiazole rings is 1. The molecule has 0 spiro atoms. The number of hydrogen-bond donors (Lipinski definition) is 0. The van der Waals surface area contributed by atoms with Gasteiger partial charge >= 0.3 is 0 Å². The zero-order valence-corrected chi connectivity index (χ0v) is 9.67. The molecule has 1 aromatic heterocycles. The maximum atomic E-state index is 11.3. The van der Waals surface area contributed by atoms with Gasteiger partial charge in [0, 0.05) is 17.5 Å². The lowest BCUT2D eigenvalue weighted by Crippen LogP contribution is -2.10. The molecule has 0 bridgehead atoms. The molecule has 72 valence electrons. The summed E-state index contributed by atoms with van der Waals surface area (Å²) in [6.45, 7) is 5.80. The van der Waals surface area contributed by atoms with E-state index in [0.717, 1.165) is 10.0 Å². The Hall–Kier alpha value is -0.350. The van der Waals surface area contributed by atoms with Crippen molar-refractivity contribution in [2.45, 2.75) is 36.8 Å². The summed E-state index contributed by atoms with van der Waals surface area (Å²) in [4.78, 5) is 15.6. The lowest BCUT2D eigenvalue weighted by atomic mass is 10.2. The lowest BCUT2D eigenvalue weighted by Gasteiger charge is -2.04. The molecule has 0 aliphatic carbocycles. The van der Waals surface area contributed by atoms with Crippen molar-refractivity contribution < 1.29 is 4.79 Å². The fraction of sp³-hybridized carbons (Fsp3) is 0.556. The number of carbonyl (C=O) groups is 1. The van der Waals surface area contributed by atoms with Gasteiger partial charge in [0.2, 0.25) is 0 Å². The monoisotopic (exact) mass is 215 g/mol. The zero-order chi connectivity index (χ0) is 9.84. The van der Waals surface area contributed by atoms with Crippen molar-refractivity contribution in [2.24, 2.45) is 0 Å². The Morgan fingerprint density at radius 2 is 2.46 bits per heavy atom. The number of ketones is 1. The second-order valence-electron chi connectivity index (χ2n) is 2.83. The van der Waals surface area contributed by atoms with E-state index in [9.17, 15) is 4.79 Å². The van der Waals surface area contributed by atoms with E-state index in [1.54, 1.807) is 23.1 Å². The van der Waals surface area contributed by atoms with E-state index in [-0.39, 0.29) is 11.0 Å². The number of aryl methyl sites for hydroxylation is 1. The number of Topliss-reactive ketones (excluding diaryl/α,β-unsaturated/α-hetero) is 1. The second kappa shape index (κ2) is 4.77. The average molecular weight is 215 g/mol. The van der Waals surface area contributed by atoms with E-state index < -0.39 is 0 Å². The average Bonchev–Trinajstić information content (AvgIpc) is 2.49. The van der Waals surface area contributed by atoms with Crippen LogP contribution in [0.25, 0.3) is 0 Å². The minimum absolute atomic E-state index is 0.0375. The zero-order valence-electron chi connectivity index (χ0n) is 8.03. The number of aromatic nitrogens is 1. The van der Waals surface area contributed by atoms with Gasteiger partial charge < -0.3 is 0 Å². The minimum atomic E-state index is 0.0375. The van der Waals surface area contributed by atoms with Crippen LogP contribution in [0, 0.1) is 6.92 Å². The van der Waals surface area contributed by atoms with E-state index in [2.05, 4.69) is 4.98 Å². The van der Waals surface area contributed by atoms with Crippen LogP contribution >= 0.6 is 23.1 Å². The Kier molecular flexibility index (Phi) is 3.93. The lowest BCUT2D eigenvalue weighted by molar-refractivity contribution is -0.117. The van der Waals surface area contributed by atoms with Crippen molar-refractivity contribution in [3.8, 4) is 0 Å². The summed E-state index contributed by atoms with van der Waals surface area (Å²) in [5, 5.41) is 2.04. The number of hydrogen-bond acceptors (Lipinski definition) is 4. The molecule has 13 heavy (non-hydrogen) atoms.